The predicted octanol–water partition coefficient (Wildman–Crippen LogP) is 2.50. The summed E-state index contributed by atoms with van der Waals surface area (Å²) < 4.78 is 0. The van der Waals surface area contributed by atoms with Crippen molar-refractivity contribution >= 4 is 16.9 Å². The summed E-state index contributed by atoms with van der Waals surface area (Å²) in [5.41, 5.74) is 6.80. The fraction of sp³-hybridized carbons (Fsp3) is 0.333. The minimum atomic E-state index is 0.640. The van der Waals surface area contributed by atoms with Gasteiger partial charge in [0.05, 0.1) is 0 Å². The summed E-state index contributed by atoms with van der Waals surface area (Å²) in [6.45, 7) is 2.79. The molecule has 0 saturated heterocycles. The lowest BCUT2D eigenvalue weighted by Gasteiger charge is -1.98. The van der Waals surface area contributed by atoms with E-state index in [0.717, 1.165) is 6.42 Å². The van der Waals surface area contributed by atoms with Crippen molar-refractivity contribution in [2.75, 3.05) is 6.54 Å². The molecule has 1 heterocycles. The standard InChI is InChI=1S/C9H13NS/c1-2-8(5-6-10)9-4-3-7-11-9/h3-5,7H,2,6,10H2,1H3. The van der Waals surface area contributed by atoms with E-state index in [-0.39, 0.29) is 0 Å². The lowest BCUT2D eigenvalue weighted by atomic mass is 10.1. The summed E-state index contributed by atoms with van der Waals surface area (Å²) >= 11 is 1.77. The van der Waals surface area contributed by atoms with Crippen molar-refractivity contribution in [3.63, 3.8) is 0 Å². The summed E-state index contributed by atoms with van der Waals surface area (Å²) in [6.07, 6.45) is 3.16. The molecule has 0 aliphatic carbocycles. The lowest BCUT2D eigenvalue weighted by Crippen LogP contribution is -1.94. The Morgan fingerprint density at radius 1 is 1.73 bits per heavy atom. The van der Waals surface area contributed by atoms with Gasteiger partial charge in [0.2, 0.25) is 0 Å². The van der Waals surface area contributed by atoms with Gasteiger partial charge in [0.25, 0.3) is 0 Å². The molecule has 1 aromatic heterocycles. The highest BCUT2D eigenvalue weighted by Gasteiger charge is 1.97. The average molecular weight is 167 g/mol. The van der Waals surface area contributed by atoms with Gasteiger partial charge < -0.3 is 5.73 Å². The first kappa shape index (κ1) is 8.50. The van der Waals surface area contributed by atoms with E-state index >= 15 is 0 Å². The molecule has 0 aliphatic rings. The van der Waals surface area contributed by atoms with Crippen molar-refractivity contribution in [2.45, 2.75) is 13.3 Å². The summed E-state index contributed by atoms with van der Waals surface area (Å²) in [5.74, 6) is 0. The molecule has 0 amide bonds. The van der Waals surface area contributed by atoms with Crippen LogP contribution >= 0.6 is 11.3 Å². The third-order valence-electron chi connectivity index (χ3n) is 1.58. The van der Waals surface area contributed by atoms with E-state index in [2.05, 4.69) is 30.5 Å². The Bertz CT molecular complexity index is 224. The fourth-order valence-electron chi connectivity index (χ4n) is 1.02. The number of rotatable bonds is 3. The maximum atomic E-state index is 5.44. The molecule has 0 aliphatic heterocycles. The summed E-state index contributed by atoms with van der Waals surface area (Å²) in [5, 5.41) is 2.09. The van der Waals surface area contributed by atoms with Crippen LogP contribution in [-0.2, 0) is 0 Å². The summed E-state index contributed by atoms with van der Waals surface area (Å²) in [6, 6.07) is 4.20. The molecule has 0 radical (unpaired) electrons. The van der Waals surface area contributed by atoms with Crippen molar-refractivity contribution in [3.8, 4) is 0 Å². The Hall–Kier alpha value is -0.600. The maximum absolute atomic E-state index is 5.44. The van der Waals surface area contributed by atoms with E-state index < -0.39 is 0 Å². The van der Waals surface area contributed by atoms with E-state index in [1.54, 1.807) is 11.3 Å². The van der Waals surface area contributed by atoms with Crippen LogP contribution in [0.2, 0.25) is 0 Å². The molecule has 11 heavy (non-hydrogen) atoms. The van der Waals surface area contributed by atoms with Gasteiger partial charge in [0.1, 0.15) is 0 Å². The van der Waals surface area contributed by atoms with Crippen molar-refractivity contribution in [2.24, 2.45) is 5.73 Å². The van der Waals surface area contributed by atoms with E-state index in [0.29, 0.717) is 6.54 Å². The average Bonchev–Trinajstić information content (AvgIpc) is 2.52. The maximum Gasteiger partial charge on any atom is 0.0299 e. The normalized spacial score (nSPS) is 12.0. The Balaban J connectivity index is 2.79. The SMILES string of the molecule is CCC(=CCN)c1cccs1. The number of nitrogens with two attached hydrogens (primary N) is 1. The largest absolute Gasteiger partial charge is 0.327 e. The first-order valence-electron chi connectivity index (χ1n) is 3.81. The highest BCUT2D eigenvalue weighted by atomic mass is 32.1. The molecule has 2 N–H and O–H groups in total. The molecular weight excluding hydrogens is 154 g/mol. The van der Waals surface area contributed by atoms with E-state index in [9.17, 15) is 0 Å². The molecule has 60 valence electrons. The van der Waals surface area contributed by atoms with E-state index in [1.807, 2.05) is 0 Å². The van der Waals surface area contributed by atoms with Crippen LogP contribution in [0.25, 0.3) is 5.57 Å². The van der Waals surface area contributed by atoms with Crippen LogP contribution in [0.5, 0.6) is 0 Å². The first-order valence-corrected chi connectivity index (χ1v) is 4.69. The molecular formula is C9H13NS. The quantitative estimate of drug-likeness (QED) is 0.735. The Morgan fingerprint density at radius 3 is 3.00 bits per heavy atom. The zero-order valence-corrected chi connectivity index (χ0v) is 7.53. The van der Waals surface area contributed by atoms with Gasteiger partial charge in [0.15, 0.2) is 0 Å². The van der Waals surface area contributed by atoms with Crippen LogP contribution in [0.4, 0.5) is 0 Å². The van der Waals surface area contributed by atoms with Crippen LogP contribution in [0, 0.1) is 0 Å². The summed E-state index contributed by atoms with van der Waals surface area (Å²) in [4.78, 5) is 1.35. The molecule has 0 aromatic carbocycles. The van der Waals surface area contributed by atoms with Crippen LogP contribution in [-0.4, -0.2) is 6.54 Å². The monoisotopic (exact) mass is 167 g/mol. The van der Waals surface area contributed by atoms with Crippen molar-refractivity contribution in [1.29, 1.82) is 0 Å². The smallest absolute Gasteiger partial charge is 0.0299 e. The van der Waals surface area contributed by atoms with Crippen LogP contribution in [0.1, 0.15) is 18.2 Å². The Morgan fingerprint density at radius 2 is 2.55 bits per heavy atom. The molecule has 0 unspecified atom stereocenters. The second kappa shape index (κ2) is 4.31. The number of hydrogen-bond acceptors (Lipinski definition) is 2. The van der Waals surface area contributed by atoms with Gasteiger partial charge in [0, 0.05) is 11.4 Å². The molecule has 0 saturated carbocycles. The Labute approximate surface area is 71.5 Å². The van der Waals surface area contributed by atoms with Gasteiger partial charge in [-0.2, -0.15) is 0 Å². The highest BCUT2D eigenvalue weighted by molar-refractivity contribution is 7.11. The van der Waals surface area contributed by atoms with Gasteiger partial charge in [-0.25, -0.2) is 0 Å². The minimum absolute atomic E-state index is 0.640. The van der Waals surface area contributed by atoms with Crippen LogP contribution < -0.4 is 5.73 Å². The number of allylic oxidation sites excluding steroid dienone is 1. The zero-order chi connectivity index (χ0) is 8.10. The third kappa shape index (κ3) is 2.17. The van der Waals surface area contributed by atoms with Crippen molar-refractivity contribution in [1.82, 2.24) is 0 Å². The van der Waals surface area contributed by atoms with Crippen LogP contribution in [0.15, 0.2) is 23.6 Å². The van der Waals surface area contributed by atoms with Crippen molar-refractivity contribution < 1.29 is 0 Å². The van der Waals surface area contributed by atoms with Crippen molar-refractivity contribution in [3.05, 3.63) is 28.5 Å². The lowest BCUT2D eigenvalue weighted by molar-refractivity contribution is 1.20. The molecule has 0 bridgehead atoms. The summed E-state index contributed by atoms with van der Waals surface area (Å²) in [7, 11) is 0. The van der Waals surface area contributed by atoms with Gasteiger partial charge in [-0.05, 0) is 23.4 Å². The molecule has 0 spiro atoms. The predicted molar refractivity (Wildman–Crippen MR) is 51.6 cm³/mol. The zero-order valence-electron chi connectivity index (χ0n) is 6.71. The fourth-order valence-corrected chi connectivity index (χ4v) is 1.86. The molecule has 2 heteroatoms. The van der Waals surface area contributed by atoms with Gasteiger partial charge in [-0.1, -0.05) is 19.1 Å². The van der Waals surface area contributed by atoms with Gasteiger partial charge >= 0.3 is 0 Å². The topological polar surface area (TPSA) is 26.0 Å². The molecule has 1 rings (SSSR count). The Kier molecular flexibility index (Phi) is 3.33. The molecule has 0 atom stereocenters. The minimum Gasteiger partial charge on any atom is -0.327 e. The second-order valence-electron chi connectivity index (χ2n) is 2.30. The number of thiophene rings is 1. The molecule has 1 nitrogen and oxygen atoms in total. The third-order valence-corrected chi connectivity index (χ3v) is 2.53. The molecule has 1 aromatic rings. The first-order chi connectivity index (χ1) is 5.38. The van der Waals surface area contributed by atoms with E-state index in [1.165, 1.54) is 10.5 Å². The number of hydrogen-bond donors (Lipinski definition) is 1. The van der Waals surface area contributed by atoms with Crippen LogP contribution in [0.3, 0.4) is 0 Å². The second-order valence-corrected chi connectivity index (χ2v) is 3.24. The molecule has 0 fully saturated rings. The highest BCUT2D eigenvalue weighted by Crippen LogP contribution is 2.22. The van der Waals surface area contributed by atoms with E-state index in [4.69, 9.17) is 5.73 Å². The van der Waals surface area contributed by atoms with Gasteiger partial charge in [-0.3, -0.25) is 0 Å². The van der Waals surface area contributed by atoms with Gasteiger partial charge in [-0.15, -0.1) is 11.3 Å².